The maximum Gasteiger partial charge on any atom is 0.322 e. The lowest BCUT2D eigenvalue weighted by atomic mass is 10.1. The highest BCUT2D eigenvalue weighted by atomic mass is 79.9. The Morgan fingerprint density at radius 2 is 2.19 bits per heavy atom. The van der Waals surface area contributed by atoms with Crippen LogP contribution in [-0.4, -0.2) is 47.8 Å². The molecule has 2 rings (SSSR count). The Kier molecular flexibility index (Phi) is 5.60. The average molecular weight is 422 g/mol. The number of benzene rings is 1. The van der Waals surface area contributed by atoms with Gasteiger partial charge in [-0.25, -0.2) is 4.79 Å². The van der Waals surface area contributed by atoms with Crippen LogP contribution in [0.2, 0.25) is 0 Å². The van der Waals surface area contributed by atoms with E-state index in [0.717, 1.165) is 8.95 Å². The molecule has 0 spiro atoms. The zero-order valence-electron chi connectivity index (χ0n) is 11.0. The number of nitrogens with zero attached hydrogens (tertiary/aromatic N) is 1. The van der Waals surface area contributed by atoms with E-state index in [4.69, 9.17) is 9.84 Å². The van der Waals surface area contributed by atoms with Crippen molar-refractivity contribution in [1.82, 2.24) is 4.90 Å². The molecule has 1 aromatic rings. The van der Waals surface area contributed by atoms with Gasteiger partial charge in [-0.05, 0) is 34.1 Å². The molecule has 8 heteroatoms. The molecule has 1 unspecified atom stereocenters. The SMILES string of the molecule is O=C(O)CC1COCCN1C(=O)Nc1ccc(Br)cc1Br. The second-order valence-electron chi connectivity index (χ2n) is 4.57. The second-order valence-corrected chi connectivity index (χ2v) is 6.34. The molecule has 1 atom stereocenters. The van der Waals surface area contributed by atoms with Crippen LogP contribution in [0.15, 0.2) is 27.1 Å². The van der Waals surface area contributed by atoms with Gasteiger partial charge in [-0.2, -0.15) is 0 Å². The van der Waals surface area contributed by atoms with Gasteiger partial charge in [-0.15, -0.1) is 0 Å². The van der Waals surface area contributed by atoms with Crippen molar-refractivity contribution < 1.29 is 19.4 Å². The maximum atomic E-state index is 12.3. The summed E-state index contributed by atoms with van der Waals surface area (Å²) in [5, 5.41) is 11.7. The molecule has 1 heterocycles. The Balaban J connectivity index is 2.08. The number of aliphatic carboxylic acids is 1. The molecule has 0 aliphatic carbocycles. The molecule has 2 N–H and O–H groups in total. The minimum absolute atomic E-state index is 0.130. The number of anilines is 1. The normalized spacial score (nSPS) is 18.4. The van der Waals surface area contributed by atoms with Crippen molar-refractivity contribution in [2.24, 2.45) is 0 Å². The molecule has 2 amide bonds. The molecule has 1 aliphatic rings. The quantitative estimate of drug-likeness (QED) is 0.786. The lowest BCUT2D eigenvalue weighted by Crippen LogP contribution is -2.51. The number of hydrogen-bond donors (Lipinski definition) is 2. The number of halogens is 2. The van der Waals surface area contributed by atoms with Crippen LogP contribution in [-0.2, 0) is 9.53 Å². The van der Waals surface area contributed by atoms with E-state index >= 15 is 0 Å². The van der Waals surface area contributed by atoms with Crippen molar-refractivity contribution in [3.63, 3.8) is 0 Å². The first-order chi connectivity index (χ1) is 9.97. The van der Waals surface area contributed by atoms with Gasteiger partial charge >= 0.3 is 12.0 Å². The number of amides is 2. The molecule has 21 heavy (non-hydrogen) atoms. The molecular formula is C13H14Br2N2O4. The molecule has 0 saturated carbocycles. The van der Waals surface area contributed by atoms with Crippen LogP contribution in [0.5, 0.6) is 0 Å². The van der Waals surface area contributed by atoms with Gasteiger partial charge in [0.2, 0.25) is 0 Å². The van der Waals surface area contributed by atoms with Crippen LogP contribution in [0.4, 0.5) is 10.5 Å². The Morgan fingerprint density at radius 3 is 2.86 bits per heavy atom. The second kappa shape index (κ2) is 7.24. The first-order valence-corrected chi connectivity index (χ1v) is 7.88. The van der Waals surface area contributed by atoms with Gasteiger partial charge in [0.25, 0.3) is 0 Å². The van der Waals surface area contributed by atoms with Crippen LogP contribution in [0.25, 0.3) is 0 Å². The zero-order chi connectivity index (χ0) is 15.4. The third kappa shape index (κ3) is 4.42. The highest BCUT2D eigenvalue weighted by molar-refractivity contribution is 9.11. The first-order valence-electron chi connectivity index (χ1n) is 6.29. The van der Waals surface area contributed by atoms with Crippen molar-refractivity contribution in [3.8, 4) is 0 Å². The van der Waals surface area contributed by atoms with Gasteiger partial charge in [0.05, 0.1) is 31.4 Å². The largest absolute Gasteiger partial charge is 0.481 e. The molecule has 6 nitrogen and oxygen atoms in total. The predicted molar refractivity (Wildman–Crippen MR) is 84.4 cm³/mol. The summed E-state index contributed by atoms with van der Waals surface area (Å²) in [6.07, 6.45) is -0.130. The van der Waals surface area contributed by atoms with Crippen LogP contribution in [0, 0.1) is 0 Å². The van der Waals surface area contributed by atoms with Crippen LogP contribution in [0.1, 0.15) is 6.42 Å². The van der Waals surface area contributed by atoms with Gasteiger partial charge in [-0.3, -0.25) is 4.79 Å². The summed E-state index contributed by atoms with van der Waals surface area (Å²) in [6.45, 7) is 1.02. The summed E-state index contributed by atoms with van der Waals surface area (Å²) < 4.78 is 6.89. The van der Waals surface area contributed by atoms with E-state index in [-0.39, 0.29) is 19.1 Å². The highest BCUT2D eigenvalue weighted by Gasteiger charge is 2.29. The molecule has 0 bridgehead atoms. The van der Waals surface area contributed by atoms with Gasteiger partial charge in [0.15, 0.2) is 0 Å². The number of hydrogen-bond acceptors (Lipinski definition) is 3. The molecule has 1 fully saturated rings. The summed E-state index contributed by atoms with van der Waals surface area (Å²) in [4.78, 5) is 24.7. The van der Waals surface area contributed by atoms with Crippen molar-refractivity contribution in [1.29, 1.82) is 0 Å². The zero-order valence-corrected chi connectivity index (χ0v) is 14.2. The van der Waals surface area contributed by atoms with Gasteiger partial charge < -0.3 is 20.1 Å². The van der Waals surface area contributed by atoms with Crippen LogP contribution >= 0.6 is 31.9 Å². The van der Waals surface area contributed by atoms with Gasteiger partial charge in [0, 0.05) is 15.5 Å². The molecule has 1 aliphatic heterocycles. The fraction of sp³-hybridized carbons (Fsp3) is 0.385. The fourth-order valence-electron chi connectivity index (χ4n) is 2.07. The van der Waals surface area contributed by atoms with Gasteiger partial charge in [0.1, 0.15) is 0 Å². The lowest BCUT2D eigenvalue weighted by molar-refractivity contribution is -0.139. The number of morpholine rings is 1. The van der Waals surface area contributed by atoms with Gasteiger partial charge in [-0.1, -0.05) is 15.9 Å². The number of carboxylic acids is 1. The van der Waals surface area contributed by atoms with E-state index in [1.165, 1.54) is 4.90 Å². The topological polar surface area (TPSA) is 78.9 Å². The number of carbonyl (C=O) groups is 2. The van der Waals surface area contributed by atoms with E-state index < -0.39 is 12.0 Å². The predicted octanol–water partition coefficient (Wildman–Crippen LogP) is 2.92. The molecular weight excluding hydrogens is 408 g/mol. The van der Waals surface area contributed by atoms with Crippen molar-refractivity contribution >= 4 is 49.5 Å². The third-order valence-electron chi connectivity index (χ3n) is 3.07. The molecule has 1 saturated heterocycles. The summed E-state index contributed by atoms with van der Waals surface area (Å²) in [5.41, 5.74) is 0.628. The fourth-order valence-corrected chi connectivity index (χ4v) is 3.22. The number of rotatable bonds is 3. The summed E-state index contributed by atoms with van der Waals surface area (Å²) in [5.74, 6) is -0.951. The van der Waals surface area contributed by atoms with E-state index in [1.54, 1.807) is 6.07 Å². The highest BCUT2D eigenvalue weighted by Crippen LogP contribution is 2.26. The molecule has 0 radical (unpaired) electrons. The third-order valence-corrected chi connectivity index (χ3v) is 4.22. The number of urea groups is 1. The molecule has 0 aromatic heterocycles. The van der Waals surface area contributed by atoms with E-state index in [9.17, 15) is 9.59 Å². The Bertz CT molecular complexity index is 553. The lowest BCUT2D eigenvalue weighted by Gasteiger charge is -2.34. The monoisotopic (exact) mass is 420 g/mol. The Labute approximate surface area is 138 Å². The number of carboxylic acid groups (broad SMARTS) is 1. The smallest absolute Gasteiger partial charge is 0.322 e. The summed E-state index contributed by atoms with van der Waals surface area (Å²) in [6, 6.07) is 4.62. The standard InChI is InChI=1S/C13H14Br2N2O4/c14-8-1-2-11(10(15)5-8)16-13(20)17-3-4-21-7-9(17)6-12(18)19/h1-2,5,9H,3-4,6-7H2,(H,16,20)(H,18,19). The summed E-state index contributed by atoms with van der Waals surface area (Å²) >= 11 is 6.71. The van der Waals surface area contributed by atoms with E-state index in [1.807, 2.05) is 12.1 Å². The average Bonchev–Trinajstić information content (AvgIpc) is 2.42. The van der Waals surface area contributed by atoms with E-state index in [2.05, 4.69) is 37.2 Å². The maximum absolute atomic E-state index is 12.3. The Morgan fingerprint density at radius 1 is 1.43 bits per heavy atom. The first kappa shape index (κ1) is 16.3. The summed E-state index contributed by atoms with van der Waals surface area (Å²) in [7, 11) is 0. The number of ether oxygens (including phenoxy) is 1. The van der Waals surface area contributed by atoms with Crippen molar-refractivity contribution in [2.75, 3.05) is 25.1 Å². The Hall–Kier alpha value is -1.12. The van der Waals surface area contributed by atoms with E-state index in [0.29, 0.717) is 18.8 Å². The van der Waals surface area contributed by atoms with Crippen molar-refractivity contribution in [2.45, 2.75) is 12.5 Å². The number of carbonyl (C=O) groups excluding carboxylic acids is 1. The van der Waals surface area contributed by atoms with Crippen LogP contribution in [0.3, 0.4) is 0 Å². The van der Waals surface area contributed by atoms with Crippen LogP contribution < -0.4 is 5.32 Å². The minimum Gasteiger partial charge on any atom is -0.481 e. The van der Waals surface area contributed by atoms with Crippen molar-refractivity contribution in [3.05, 3.63) is 27.1 Å². The molecule has 1 aromatic carbocycles. The minimum atomic E-state index is -0.951. The molecule has 114 valence electrons. The number of nitrogens with one attached hydrogen (secondary N) is 1.